The zero-order chi connectivity index (χ0) is 8.48. The van der Waals surface area contributed by atoms with Gasteiger partial charge in [-0.2, -0.15) is 13.2 Å². The molecule has 0 saturated carbocycles. The van der Waals surface area contributed by atoms with Crippen molar-refractivity contribution in [2.24, 2.45) is 0 Å². The van der Waals surface area contributed by atoms with E-state index in [1.54, 1.807) is 6.92 Å². The molecule has 5 heteroatoms. The SMILES string of the molecule is CC1CCOC(C(F)(F)F)O1. The van der Waals surface area contributed by atoms with E-state index < -0.39 is 12.5 Å². The molecule has 1 fully saturated rings. The number of hydrogen-bond donors (Lipinski definition) is 0. The minimum Gasteiger partial charge on any atom is -0.345 e. The molecule has 66 valence electrons. The molecular formula is C6H9F3O2. The van der Waals surface area contributed by atoms with Gasteiger partial charge in [-0.05, 0) is 13.3 Å². The van der Waals surface area contributed by atoms with Crippen LogP contribution in [0.4, 0.5) is 13.2 Å². The zero-order valence-electron chi connectivity index (χ0n) is 6.02. The lowest BCUT2D eigenvalue weighted by Gasteiger charge is -2.29. The highest BCUT2D eigenvalue weighted by Crippen LogP contribution is 2.27. The molecule has 1 aliphatic heterocycles. The van der Waals surface area contributed by atoms with E-state index in [9.17, 15) is 13.2 Å². The molecule has 11 heavy (non-hydrogen) atoms. The van der Waals surface area contributed by atoms with Crippen LogP contribution in [-0.2, 0) is 9.47 Å². The first kappa shape index (κ1) is 8.80. The molecule has 2 atom stereocenters. The first-order chi connectivity index (χ1) is 5.00. The summed E-state index contributed by atoms with van der Waals surface area (Å²) in [6, 6.07) is 0. The smallest absolute Gasteiger partial charge is 0.345 e. The van der Waals surface area contributed by atoms with Crippen molar-refractivity contribution >= 4 is 0 Å². The topological polar surface area (TPSA) is 18.5 Å². The molecule has 2 nitrogen and oxygen atoms in total. The van der Waals surface area contributed by atoms with Crippen molar-refractivity contribution < 1.29 is 22.6 Å². The molecule has 0 aromatic rings. The van der Waals surface area contributed by atoms with Gasteiger partial charge in [0.25, 0.3) is 6.29 Å². The van der Waals surface area contributed by atoms with Gasteiger partial charge in [-0.15, -0.1) is 0 Å². The summed E-state index contributed by atoms with van der Waals surface area (Å²) >= 11 is 0. The van der Waals surface area contributed by atoms with Gasteiger partial charge in [0.1, 0.15) is 0 Å². The Balaban J connectivity index is 2.46. The highest BCUT2D eigenvalue weighted by molar-refractivity contribution is 4.64. The number of alkyl halides is 3. The van der Waals surface area contributed by atoms with E-state index in [0.717, 1.165) is 0 Å². The van der Waals surface area contributed by atoms with Crippen LogP contribution in [0.2, 0.25) is 0 Å². The van der Waals surface area contributed by atoms with Gasteiger partial charge in [0.15, 0.2) is 0 Å². The maximum atomic E-state index is 11.9. The van der Waals surface area contributed by atoms with Crippen molar-refractivity contribution in [3.8, 4) is 0 Å². The Morgan fingerprint density at radius 2 is 2.00 bits per heavy atom. The predicted octanol–water partition coefficient (Wildman–Crippen LogP) is 1.70. The van der Waals surface area contributed by atoms with Crippen LogP contribution in [0.25, 0.3) is 0 Å². The van der Waals surface area contributed by atoms with Gasteiger partial charge in [-0.3, -0.25) is 0 Å². The standard InChI is InChI=1S/C6H9F3O2/c1-4-2-3-10-5(11-4)6(7,8)9/h4-5H,2-3H2,1H3. The molecule has 0 amide bonds. The summed E-state index contributed by atoms with van der Waals surface area (Å²) in [5.41, 5.74) is 0. The number of ether oxygens (including phenoxy) is 2. The van der Waals surface area contributed by atoms with E-state index in [2.05, 4.69) is 9.47 Å². The van der Waals surface area contributed by atoms with Gasteiger partial charge in [-0.1, -0.05) is 0 Å². The molecule has 0 radical (unpaired) electrons. The third-order valence-electron chi connectivity index (χ3n) is 1.42. The second-order valence-corrected chi connectivity index (χ2v) is 2.48. The molecule has 0 aliphatic carbocycles. The van der Waals surface area contributed by atoms with Crippen LogP contribution in [0.15, 0.2) is 0 Å². The Morgan fingerprint density at radius 1 is 1.36 bits per heavy atom. The summed E-state index contributed by atoms with van der Waals surface area (Å²) in [6.07, 6.45) is -6.26. The fourth-order valence-corrected chi connectivity index (χ4v) is 0.831. The summed E-state index contributed by atoms with van der Waals surface area (Å²) in [5.74, 6) is 0. The molecule has 0 spiro atoms. The van der Waals surface area contributed by atoms with Crippen LogP contribution in [-0.4, -0.2) is 25.2 Å². The fourth-order valence-electron chi connectivity index (χ4n) is 0.831. The third kappa shape index (κ3) is 2.34. The lowest BCUT2D eigenvalue weighted by molar-refractivity contribution is -0.338. The van der Waals surface area contributed by atoms with E-state index in [4.69, 9.17) is 0 Å². The lowest BCUT2D eigenvalue weighted by Crippen LogP contribution is -2.41. The van der Waals surface area contributed by atoms with Crippen LogP contribution in [0.5, 0.6) is 0 Å². The normalized spacial score (nSPS) is 33.8. The molecule has 0 bridgehead atoms. The van der Waals surface area contributed by atoms with Crippen molar-refractivity contribution in [3.05, 3.63) is 0 Å². The average Bonchev–Trinajstić information content (AvgIpc) is 1.86. The predicted molar refractivity (Wildman–Crippen MR) is 31.0 cm³/mol. The van der Waals surface area contributed by atoms with E-state index in [1.165, 1.54) is 0 Å². The van der Waals surface area contributed by atoms with Gasteiger partial charge in [-0.25, -0.2) is 0 Å². The largest absolute Gasteiger partial charge is 0.440 e. The minimum absolute atomic E-state index is 0.116. The fraction of sp³-hybridized carbons (Fsp3) is 1.00. The van der Waals surface area contributed by atoms with Gasteiger partial charge in [0.2, 0.25) is 0 Å². The first-order valence-corrected chi connectivity index (χ1v) is 3.34. The molecule has 1 rings (SSSR count). The van der Waals surface area contributed by atoms with Crippen LogP contribution in [0.1, 0.15) is 13.3 Å². The zero-order valence-corrected chi connectivity index (χ0v) is 6.02. The Labute approximate surface area is 62.3 Å². The molecule has 0 aromatic carbocycles. The van der Waals surface area contributed by atoms with E-state index in [0.29, 0.717) is 6.42 Å². The average molecular weight is 170 g/mol. The Bertz CT molecular complexity index is 134. The number of rotatable bonds is 0. The van der Waals surface area contributed by atoms with Gasteiger partial charge in [0, 0.05) is 0 Å². The Morgan fingerprint density at radius 3 is 2.36 bits per heavy atom. The third-order valence-corrected chi connectivity index (χ3v) is 1.42. The molecular weight excluding hydrogens is 161 g/mol. The molecule has 1 saturated heterocycles. The monoisotopic (exact) mass is 170 g/mol. The Kier molecular flexibility index (Phi) is 2.39. The van der Waals surface area contributed by atoms with Crippen molar-refractivity contribution in [1.29, 1.82) is 0 Å². The maximum Gasteiger partial charge on any atom is 0.440 e. The van der Waals surface area contributed by atoms with Crippen LogP contribution in [0.3, 0.4) is 0 Å². The maximum absolute atomic E-state index is 11.9. The lowest BCUT2D eigenvalue weighted by atomic mass is 10.3. The molecule has 0 aromatic heterocycles. The summed E-state index contributed by atoms with van der Waals surface area (Å²) in [7, 11) is 0. The highest BCUT2D eigenvalue weighted by atomic mass is 19.4. The van der Waals surface area contributed by atoms with Gasteiger partial charge >= 0.3 is 6.18 Å². The number of hydrogen-bond acceptors (Lipinski definition) is 2. The summed E-state index contributed by atoms with van der Waals surface area (Å²) in [6.45, 7) is 1.71. The van der Waals surface area contributed by atoms with Crippen molar-refractivity contribution in [3.63, 3.8) is 0 Å². The van der Waals surface area contributed by atoms with Gasteiger partial charge < -0.3 is 9.47 Å². The molecule has 1 heterocycles. The minimum atomic E-state index is -4.39. The van der Waals surface area contributed by atoms with Crippen LogP contribution < -0.4 is 0 Å². The summed E-state index contributed by atoms with van der Waals surface area (Å²) < 4.78 is 44.5. The second kappa shape index (κ2) is 2.98. The van der Waals surface area contributed by atoms with Crippen LogP contribution >= 0.6 is 0 Å². The summed E-state index contributed by atoms with van der Waals surface area (Å²) in [5, 5.41) is 0. The van der Waals surface area contributed by atoms with Crippen molar-refractivity contribution in [2.75, 3.05) is 6.61 Å². The summed E-state index contributed by atoms with van der Waals surface area (Å²) in [4.78, 5) is 0. The molecule has 1 aliphatic rings. The Hall–Kier alpha value is -0.290. The molecule has 2 unspecified atom stereocenters. The highest BCUT2D eigenvalue weighted by Gasteiger charge is 2.44. The van der Waals surface area contributed by atoms with Crippen LogP contribution in [0, 0.1) is 0 Å². The molecule has 0 N–H and O–H groups in total. The van der Waals surface area contributed by atoms with E-state index in [-0.39, 0.29) is 12.7 Å². The first-order valence-electron chi connectivity index (χ1n) is 3.34. The van der Waals surface area contributed by atoms with E-state index in [1.807, 2.05) is 0 Å². The second-order valence-electron chi connectivity index (χ2n) is 2.48. The number of halogens is 3. The van der Waals surface area contributed by atoms with Crippen molar-refractivity contribution in [1.82, 2.24) is 0 Å². The van der Waals surface area contributed by atoms with Crippen molar-refractivity contribution in [2.45, 2.75) is 31.9 Å². The quantitative estimate of drug-likeness (QED) is 0.550. The van der Waals surface area contributed by atoms with E-state index >= 15 is 0 Å². The van der Waals surface area contributed by atoms with Gasteiger partial charge in [0.05, 0.1) is 12.7 Å².